The van der Waals surface area contributed by atoms with Gasteiger partial charge in [0.2, 0.25) is 0 Å². The lowest BCUT2D eigenvalue weighted by Gasteiger charge is -2.32. The molecule has 0 amide bonds. The monoisotopic (exact) mass is 510 g/mol. The molecule has 1 saturated heterocycles. The first kappa shape index (κ1) is 24.1. The molecule has 1 saturated carbocycles. The molecular weight excluding hydrogens is 480 g/mol. The maximum absolute atomic E-state index is 6.64. The first-order valence-electron chi connectivity index (χ1n) is 12.3. The zero-order valence-corrected chi connectivity index (χ0v) is 21.5. The molecule has 0 spiro atoms. The van der Waals surface area contributed by atoms with E-state index in [9.17, 15) is 0 Å². The van der Waals surface area contributed by atoms with Crippen molar-refractivity contribution in [2.24, 2.45) is 0 Å². The fraction of sp³-hybridized carbons (Fsp3) is 0.407. The van der Waals surface area contributed by atoms with Crippen molar-refractivity contribution < 1.29 is 9.47 Å². The summed E-state index contributed by atoms with van der Waals surface area (Å²) in [6, 6.07) is 16.6. The number of thiocarbonyl (C=S) groups is 1. The third kappa shape index (κ3) is 5.03. The van der Waals surface area contributed by atoms with Crippen LogP contribution in [-0.2, 0) is 4.74 Å². The van der Waals surface area contributed by atoms with E-state index in [1.54, 1.807) is 7.11 Å². The van der Waals surface area contributed by atoms with E-state index >= 15 is 0 Å². The molecule has 0 unspecified atom stereocenters. The minimum Gasteiger partial charge on any atom is -0.490 e. The van der Waals surface area contributed by atoms with Gasteiger partial charge in [0, 0.05) is 36.9 Å². The summed E-state index contributed by atoms with van der Waals surface area (Å²) in [4.78, 5) is 6.86. The summed E-state index contributed by atoms with van der Waals surface area (Å²) in [5, 5.41) is 4.76. The van der Waals surface area contributed by atoms with Gasteiger partial charge in [-0.15, -0.1) is 0 Å². The van der Waals surface area contributed by atoms with Gasteiger partial charge in [-0.05, 0) is 67.5 Å². The van der Waals surface area contributed by atoms with Crippen LogP contribution in [0.15, 0.2) is 60.9 Å². The Morgan fingerprint density at radius 2 is 1.94 bits per heavy atom. The van der Waals surface area contributed by atoms with Gasteiger partial charge in [0.05, 0.1) is 23.4 Å². The minimum atomic E-state index is -0.0858. The van der Waals surface area contributed by atoms with Gasteiger partial charge in [-0.1, -0.05) is 36.9 Å². The van der Waals surface area contributed by atoms with Crippen LogP contribution in [0.4, 0.5) is 5.69 Å². The van der Waals surface area contributed by atoms with Crippen LogP contribution in [0.5, 0.6) is 5.75 Å². The average Bonchev–Trinajstić information content (AvgIpc) is 3.50. The predicted molar refractivity (Wildman–Crippen MR) is 143 cm³/mol. The molecule has 6 nitrogen and oxygen atoms in total. The number of hydrogen-bond acceptors (Lipinski definition) is 4. The number of ether oxygens (including phenoxy) is 2. The van der Waals surface area contributed by atoms with E-state index in [4.69, 9.17) is 33.3 Å². The number of benzene rings is 1. The molecule has 2 aliphatic rings. The maximum atomic E-state index is 6.64. The van der Waals surface area contributed by atoms with Crippen molar-refractivity contribution in [3.05, 3.63) is 77.3 Å². The van der Waals surface area contributed by atoms with E-state index in [1.165, 1.54) is 37.8 Å². The summed E-state index contributed by atoms with van der Waals surface area (Å²) in [6.45, 7) is 0.947. The number of aromatic nitrogens is 2. The van der Waals surface area contributed by atoms with Gasteiger partial charge >= 0.3 is 0 Å². The quantitative estimate of drug-likeness (QED) is 0.286. The third-order valence-corrected chi connectivity index (χ3v) is 7.53. The number of hydrogen-bond donors (Lipinski definition) is 1. The molecule has 3 aromatic rings. The minimum absolute atomic E-state index is 0.0642. The first-order valence-corrected chi connectivity index (χ1v) is 13.0. The Morgan fingerprint density at radius 3 is 2.69 bits per heavy atom. The van der Waals surface area contributed by atoms with Gasteiger partial charge in [0.15, 0.2) is 5.11 Å². The summed E-state index contributed by atoms with van der Waals surface area (Å²) in [6.07, 6.45) is 10.3. The van der Waals surface area contributed by atoms with Crippen molar-refractivity contribution in [1.82, 2.24) is 14.9 Å². The largest absolute Gasteiger partial charge is 0.490 e. The number of pyridine rings is 1. The molecule has 1 aromatic carbocycles. The number of methoxy groups -OCH3 is 1. The van der Waals surface area contributed by atoms with E-state index in [-0.39, 0.29) is 12.1 Å². The topological polar surface area (TPSA) is 51.6 Å². The van der Waals surface area contributed by atoms with Crippen molar-refractivity contribution >= 4 is 34.6 Å². The Hall–Kier alpha value is -2.61. The van der Waals surface area contributed by atoms with E-state index in [0.29, 0.717) is 35.1 Å². The van der Waals surface area contributed by atoms with Gasteiger partial charge in [-0.3, -0.25) is 4.98 Å². The molecule has 0 bridgehead atoms. The second-order valence-corrected chi connectivity index (χ2v) is 9.88. The molecule has 8 heteroatoms. The lowest BCUT2D eigenvalue weighted by atomic mass is 9.94. The summed E-state index contributed by atoms with van der Waals surface area (Å²) in [5.41, 5.74) is 3.12. The van der Waals surface area contributed by atoms with E-state index in [0.717, 1.165) is 11.4 Å². The van der Waals surface area contributed by atoms with E-state index in [1.807, 2.05) is 36.5 Å². The van der Waals surface area contributed by atoms with Crippen LogP contribution >= 0.6 is 23.8 Å². The molecule has 1 aliphatic heterocycles. The van der Waals surface area contributed by atoms with Crippen molar-refractivity contribution in [2.75, 3.05) is 25.2 Å². The SMILES string of the molecule is COCCOc1ccc(N2C(=S)N[C@H](c3ccccn3)[C@@H]2c2cccn2C2CCCCC2)cc1Cl. The van der Waals surface area contributed by atoms with Crippen molar-refractivity contribution in [1.29, 1.82) is 0 Å². The molecule has 184 valence electrons. The Kier molecular flexibility index (Phi) is 7.56. The van der Waals surface area contributed by atoms with Crippen molar-refractivity contribution in [3.8, 4) is 5.75 Å². The molecule has 1 N–H and O–H groups in total. The van der Waals surface area contributed by atoms with Gasteiger partial charge in [-0.25, -0.2) is 0 Å². The number of nitrogens with zero attached hydrogens (tertiary/aromatic N) is 3. The fourth-order valence-electron chi connectivity index (χ4n) is 5.27. The Balaban J connectivity index is 1.53. The van der Waals surface area contributed by atoms with Crippen LogP contribution < -0.4 is 15.0 Å². The molecular formula is C27H31ClN4O2S. The molecule has 35 heavy (non-hydrogen) atoms. The molecule has 5 rings (SSSR count). The molecule has 2 atom stereocenters. The summed E-state index contributed by atoms with van der Waals surface area (Å²) in [7, 11) is 1.65. The zero-order chi connectivity index (χ0) is 24.2. The second-order valence-electron chi connectivity index (χ2n) is 9.08. The molecule has 3 heterocycles. The Bertz CT molecular complexity index is 1150. The highest BCUT2D eigenvalue weighted by atomic mass is 35.5. The lowest BCUT2D eigenvalue weighted by molar-refractivity contribution is 0.146. The highest BCUT2D eigenvalue weighted by Crippen LogP contribution is 2.44. The Morgan fingerprint density at radius 1 is 1.09 bits per heavy atom. The lowest BCUT2D eigenvalue weighted by Crippen LogP contribution is -2.31. The van der Waals surface area contributed by atoms with Crippen LogP contribution in [0.3, 0.4) is 0 Å². The molecule has 2 fully saturated rings. The van der Waals surface area contributed by atoms with Crippen LogP contribution in [-0.4, -0.2) is 35.0 Å². The average molecular weight is 511 g/mol. The third-order valence-electron chi connectivity index (χ3n) is 6.92. The second kappa shape index (κ2) is 11.0. The van der Waals surface area contributed by atoms with Gasteiger partial charge in [-0.2, -0.15) is 0 Å². The van der Waals surface area contributed by atoms with E-state index in [2.05, 4.69) is 44.2 Å². The number of anilines is 1. The predicted octanol–water partition coefficient (Wildman–Crippen LogP) is 6.24. The fourth-order valence-corrected chi connectivity index (χ4v) is 5.85. The normalized spacial score (nSPS) is 20.7. The summed E-state index contributed by atoms with van der Waals surface area (Å²) >= 11 is 12.5. The van der Waals surface area contributed by atoms with Crippen LogP contribution in [0.25, 0.3) is 0 Å². The molecule has 1 aliphatic carbocycles. The Labute approximate surface area is 217 Å². The maximum Gasteiger partial charge on any atom is 0.174 e. The highest BCUT2D eigenvalue weighted by molar-refractivity contribution is 7.80. The molecule has 0 radical (unpaired) electrons. The number of halogens is 1. The van der Waals surface area contributed by atoms with Crippen LogP contribution in [0, 0.1) is 0 Å². The number of nitrogens with one attached hydrogen (secondary N) is 1. The van der Waals surface area contributed by atoms with Gasteiger partial charge in [0.1, 0.15) is 18.4 Å². The van der Waals surface area contributed by atoms with Crippen molar-refractivity contribution in [2.45, 2.75) is 50.2 Å². The molecule has 2 aromatic heterocycles. The van der Waals surface area contributed by atoms with E-state index < -0.39 is 0 Å². The summed E-state index contributed by atoms with van der Waals surface area (Å²) < 4.78 is 13.3. The summed E-state index contributed by atoms with van der Waals surface area (Å²) in [5.74, 6) is 0.633. The van der Waals surface area contributed by atoms with Crippen molar-refractivity contribution in [3.63, 3.8) is 0 Å². The van der Waals surface area contributed by atoms with Gasteiger partial charge in [0.25, 0.3) is 0 Å². The standard InChI is InChI=1S/C27H31ClN4O2S/c1-33-16-17-34-24-13-12-20(18-21(24)28)32-26(25(30-27(32)35)22-10-5-6-14-29-22)23-11-7-15-31(23)19-8-3-2-4-9-19/h5-7,10-15,18-19,25-26H,2-4,8-9,16-17H2,1H3,(H,30,35)/t25-,26+/m1/s1. The van der Waals surface area contributed by atoms with Crippen LogP contribution in [0.1, 0.15) is 61.6 Å². The van der Waals surface area contributed by atoms with Crippen LogP contribution in [0.2, 0.25) is 5.02 Å². The number of rotatable bonds is 8. The first-order chi connectivity index (χ1) is 17.2. The van der Waals surface area contributed by atoms with Gasteiger partial charge < -0.3 is 24.3 Å². The smallest absolute Gasteiger partial charge is 0.174 e. The zero-order valence-electron chi connectivity index (χ0n) is 19.9. The highest BCUT2D eigenvalue weighted by Gasteiger charge is 2.42.